The number of rotatable bonds is 3. The fourth-order valence-electron chi connectivity index (χ4n) is 2.36. The van der Waals surface area contributed by atoms with Crippen molar-refractivity contribution in [1.82, 2.24) is 10.2 Å². The zero-order chi connectivity index (χ0) is 14.8. The minimum atomic E-state index is -4.47. The number of benzene rings is 1. The molecular weight excluding hydrogens is 275 g/mol. The Bertz CT molecular complexity index is 487. The zero-order valence-corrected chi connectivity index (χ0v) is 10.6. The van der Waals surface area contributed by atoms with Crippen molar-refractivity contribution in [3.63, 3.8) is 0 Å². The number of non-ortho nitro benzene ring substituents is 1. The molecule has 0 saturated carbocycles. The summed E-state index contributed by atoms with van der Waals surface area (Å²) in [4.78, 5) is 11.3. The summed E-state index contributed by atoms with van der Waals surface area (Å²) in [6.45, 7) is 1.46. The second-order valence-electron chi connectivity index (χ2n) is 4.58. The summed E-state index contributed by atoms with van der Waals surface area (Å²) in [6, 6.07) is 2.96. The van der Waals surface area contributed by atoms with Crippen molar-refractivity contribution in [1.29, 1.82) is 0 Å². The van der Waals surface area contributed by atoms with Crippen molar-refractivity contribution in [2.45, 2.75) is 12.2 Å². The maximum atomic E-state index is 13.3. The van der Waals surface area contributed by atoms with Gasteiger partial charge in [-0.15, -0.1) is 0 Å². The number of nitro groups is 1. The van der Waals surface area contributed by atoms with Crippen LogP contribution in [0.1, 0.15) is 11.6 Å². The van der Waals surface area contributed by atoms with Gasteiger partial charge in [-0.2, -0.15) is 13.2 Å². The molecule has 5 nitrogen and oxygen atoms in total. The Labute approximate surface area is 113 Å². The van der Waals surface area contributed by atoms with Gasteiger partial charge in [-0.1, -0.05) is 12.1 Å². The van der Waals surface area contributed by atoms with Crippen LogP contribution in [0.2, 0.25) is 0 Å². The van der Waals surface area contributed by atoms with Gasteiger partial charge in [0.25, 0.3) is 5.69 Å². The molecule has 20 heavy (non-hydrogen) atoms. The standard InChI is InChI=1S/C12H14F3N3O2/c13-12(14,15)11(17-6-4-16-5-7-17)9-2-1-3-10(8-9)18(19)20/h1-3,8,11,16H,4-7H2/t11-/m1/s1. The van der Waals surface area contributed by atoms with Gasteiger partial charge < -0.3 is 5.32 Å². The van der Waals surface area contributed by atoms with Crippen LogP contribution in [0.15, 0.2) is 24.3 Å². The molecule has 8 heteroatoms. The van der Waals surface area contributed by atoms with E-state index in [-0.39, 0.29) is 24.3 Å². The summed E-state index contributed by atoms with van der Waals surface area (Å²) in [5.74, 6) is 0. The van der Waals surface area contributed by atoms with E-state index in [0.29, 0.717) is 13.1 Å². The molecule has 1 aromatic carbocycles. The van der Waals surface area contributed by atoms with Crippen molar-refractivity contribution < 1.29 is 18.1 Å². The second kappa shape index (κ2) is 5.76. The predicted octanol–water partition coefficient (Wildman–Crippen LogP) is 2.10. The van der Waals surface area contributed by atoms with Crippen LogP contribution in [-0.2, 0) is 0 Å². The number of hydrogen-bond donors (Lipinski definition) is 1. The van der Waals surface area contributed by atoms with Crippen molar-refractivity contribution in [3.8, 4) is 0 Å². The van der Waals surface area contributed by atoms with Gasteiger partial charge in [-0.3, -0.25) is 15.0 Å². The lowest BCUT2D eigenvalue weighted by atomic mass is 10.0. The van der Waals surface area contributed by atoms with Crippen molar-refractivity contribution in [2.75, 3.05) is 26.2 Å². The maximum absolute atomic E-state index is 13.3. The zero-order valence-electron chi connectivity index (χ0n) is 10.6. The number of nitrogens with zero attached hydrogens (tertiary/aromatic N) is 2. The smallest absolute Gasteiger partial charge is 0.314 e. The van der Waals surface area contributed by atoms with E-state index in [1.54, 1.807) is 0 Å². The van der Waals surface area contributed by atoms with Crippen LogP contribution in [0.3, 0.4) is 0 Å². The first kappa shape index (κ1) is 14.7. The summed E-state index contributed by atoms with van der Waals surface area (Å²) in [7, 11) is 0. The molecule has 0 aromatic heterocycles. The Morgan fingerprint density at radius 2 is 1.95 bits per heavy atom. The van der Waals surface area contributed by atoms with Gasteiger partial charge in [-0.05, 0) is 5.56 Å². The van der Waals surface area contributed by atoms with E-state index >= 15 is 0 Å². The highest BCUT2D eigenvalue weighted by molar-refractivity contribution is 5.36. The molecule has 0 bridgehead atoms. The lowest BCUT2D eigenvalue weighted by Crippen LogP contribution is -2.49. The molecule has 110 valence electrons. The van der Waals surface area contributed by atoms with E-state index in [9.17, 15) is 23.3 Å². The van der Waals surface area contributed by atoms with Crippen LogP contribution in [-0.4, -0.2) is 42.2 Å². The van der Waals surface area contributed by atoms with Gasteiger partial charge in [0.15, 0.2) is 0 Å². The lowest BCUT2D eigenvalue weighted by molar-refractivity contribution is -0.385. The van der Waals surface area contributed by atoms with Gasteiger partial charge in [0, 0.05) is 38.3 Å². The van der Waals surface area contributed by atoms with E-state index in [1.165, 1.54) is 23.1 Å². The Balaban J connectivity index is 2.35. The molecule has 1 atom stereocenters. The van der Waals surface area contributed by atoms with Crippen LogP contribution in [0.25, 0.3) is 0 Å². The fourth-order valence-corrected chi connectivity index (χ4v) is 2.36. The highest BCUT2D eigenvalue weighted by Gasteiger charge is 2.45. The average molecular weight is 289 g/mol. The molecule has 0 spiro atoms. The number of piperazine rings is 1. The quantitative estimate of drug-likeness (QED) is 0.684. The van der Waals surface area contributed by atoms with Crippen molar-refractivity contribution in [3.05, 3.63) is 39.9 Å². The Hall–Kier alpha value is -1.67. The number of alkyl halides is 3. The number of nitro benzene ring substituents is 1. The van der Waals surface area contributed by atoms with Crippen LogP contribution in [0, 0.1) is 10.1 Å². The van der Waals surface area contributed by atoms with Crippen molar-refractivity contribution >= 4 is 5.69 Å². The number of halogens is 3. The first-order chi connectivity index (χ1) is 9.39. The highest BCUT2D eigenvalue weighted by Crippen LogP contribution is 2.38. The fraction of sp³-hybridized carbons (Fsp3) is 0.500. The van der Waals surface area contributed by atoms with Crippen LogP contribution in [0.5, 0.6) is 0 Å². The summed E-state index contributed by atoms with van der Waals surface area (Å²) in [6.07, 6.45) is -4.47. The maximum Gasteiger partial charge on any atom is 0.408 e. The van der Waals surface area contributed by atoms with E-state index < -0.39 is 17.1 Å². The molecule has 2 rings (SSSR count). The third-order valence-corrected chi connectivity index (χ3v) is 3.22. The minimum absolute atomic E-state index is 0.0893. The first-order valence-electron chi connectivity index (χ1n) is 6.15. The SMILES string of the molecule is O=[N+]([O-])c1cccc([C@@H](N2CCNCC2)C(F)(F)F)c1. The van der Waals surface area contributed by atoms with Crippen molar-refractivity contribution in [2.24, 2.45) is 0 Å². The molecule has 1 fully saturated rings. The van der Waals surface area contributed by atoms with Gasteiger partial charge in [0.2, 0.25) is 0 Å². The molecule has 1 heterocycles. The van der Waals surface area contributed by atoms with Gasteiger partial charge in [0.05, 0.1) is 4.92 Å². The van der Waals surface area contributed by atoms with E-state index in [0.717, 1.165) is 6.07 Å². The first-order valence-corrected chi connectivity index (χ1v) is 6.15. The Morgan fingerprint density at radius 1 is 1.30 bits per heavy atom. The lowest BCUT2D eigenvalue weighted by Gasteiger charge is -2.36. The summed E-state index contributed by atoms with van der Waals surface area (Å²) >= 11 is 0. The summed E-state index contributed by atoms with van der Waals surface area (Å²) in [5.41, 5.74) is -0.416. The van der Waals surface area contributed by atoms with Gasteiger partial charge in [0.1, 0.15) is 6.04 Å². The second-order valence-corrected chi connectivity index (χ2v) is 4.58. The molecule has 1 aliphatic rings. The van der Waals surface area contributed by atoms with Gasteiger partial charge in [-0.25, -0.2) is 0 Å². The number of hydrogen-bond acceptors (Lipinski definition) is 4. The molecule has 1 saturated heterocycles. The van der Waals surface area contributed by atoms with Crippen LogP contribution >= 0.6 is 0 Å². The normalized spacial score (nSPS) is 18.8. The van der Waals surface area contributed by atoms with Crippen LogP contribution < -0.4 is 5.32 Å². The topological polar surface area (TPSA) is 58.4 Å². The van der Waals surface area contributed by atoms with Crippen LogP contribution in [0.4, 0.5) is 18.9 Å². The largest absolute Gasteiger partial charge is 0.408 e. The molecule has 1 aromatic rings. The Morgan fingerprint density at radius 3 is 2.50 bits per heavy atom. The third kappa shape index (κ3) is 3.26. The van der Waals surface area contributed by atoms with E-state index in [4.69, 9.17) is 0 Å². The highest BCUT2D eigenvalue weighted by atomic mass is 19.4. The molecule has 0 radical (unpaired) electrons. The third-order valence-electron chi connectivity index (χ3n) is 3.22. The minimum Gasteiger partial charge on any atom is -0.314 e. The molecule has 1 N–H and O–H groups in total. The average Bonchev–Trinajstić information content (AvgIpc) is 2.39. The van der Waals surface area contributed by atoms with E-state index in [1.807, 2.05) is 0 Å². The predicted molar refractivity (Wildman–Crippen MR) is 66.3 cm³/mol. The molecular formula is C12H14F3N3O2. The van der Waals surface area contributed by atoms with E-state index in [2.05, 4.69) is 5.32 Å². The molecule has 1 aliphatic heterocycles. The summed E-state index contributed by atoms with van der Waals surface area (Å²) < 4.78 is 39.9. The summed E-state index contributed by atoms with van der Waals surface area (Å²) in [5, 5.41) is 13.7. The molecule has 0 unspecified atom stereocenters. The number of nitrogens with one attached hydrogen (secondary N) is 1. The Kier molecular flexibility index (Phi) is 4.24. The molecule has 0 amide bonds. The molecule has 0 aliphatic carbocycles. The monoisotopic (exact) mass is 289 g/mol. The van der Waals surface area contributed by atoms with Gasteiger partial charge >= 0.3 is 6.18 Å².